The first kappa shape index (κ1) is 20.7. The molecule has 1 aliphatic rings. The maximum atomic E-state index is 12.7. The standard InChI is InChI=1S/C17H23ClN2O5S/c1-12(2)25-16(21)10-19-17(22)13-4-3-9-20(11-13)26(23,24)15-7-5-14(18)6-8-15/h5-8,12-13H,3-4,9-11H2,1-2H3,(H,19,22). The van der Waals surface area contributed by atoms with Crippen molar-refractivity contribution < 1.29 is 22.7 Å². The van der Waals surface area contributed by atoms with Crippen LogP contribution in [0.1, 0.15) is 26.7 Å². The lowest BCUT2D eigenvalue weighted by atomic mass is 9.99. The Labute approximate surface area is 158 Å². The summed E-state index contributed by atoms with van der Waals surface area (Å²) in [5, 5.41) is 2.98. The van der Waals surface area contributed by atoms with Crippen LogP contribution in [0.4, 0.5) is 0 Å². The van der Waals surface area contributed by atoms with Gasteiger partial charge in [-0.1, -0.05) is 11.6 Å². The van der Waals surface area contributed by atoms with E-state index in [-0.39, 0.29) is 30.0 Å². The van der Waals surface area contributed by atoms with E-state index in [1.165, 1.54) is 28.6 Å². The minimum Gasteiger partial charge on any atom is -0.462 e. The van der Waals surface area contributed by atoms with Crippen LogP contribution in [0.15, 0.2) is 29.2 Å². The van der Waals surface area contributed by atoms with Gasteiger partial charge in [-0.3, -0.25) is 9.59 Å². The van der Waals surface area contributed by atoms with Crippen molar-refractivity contribution in [2.45, 2.75) is 37.7 Å². The van der Waals surface area contributed by atoms with Gasteiger partial charge in [0.2, 0.25) is 15.9 Å². The molecule has 144 valence electrons. The number of halogens is 1. The van der Waals surface area contributed by atoms with Crippen LogP contribution < -0.4 is 5.32 Å². The van der Waals surface area contributed by atoms with Gasteiger partial charge in [0.15, 0.2) is 0 Å². The molecule has 1 aromatic carbocycles. The number of carbonyl (C=O) groups excluding carboxylic acids is 2. The summed E-state index contributed by atoms with van der Waals surface area (Å²) in [5.74, 6) is -1.37. The lowest BCUT2D eigenvalue weighted by Gasteiger charge is -2.31. The predicted molar refractivity (Wildman–Crippen MR) is 97.2 cm³/mol. The Bertz CT molecular complexity index is 749. The molecule has 0 saturated carbocycles. The van der Waals surface area contributed by atoms with Gasteiger partial charge in [-0.15, -0.1) is 0 Å². The third kappa shape index (κ3) is 5.43. The minimum absolute atomic E-state index is 0.0794. The summed E-state index contributed by atoms with van der Waals surface area (Å²) in [7, 11) is -3.69. The Morgan fingerprint density at radius 2 is 1.96 bits per heavy atom. The lowest BCUT2D eigenvalue weighted by Crippen LogP contribution is -2.46. The molecule has 1 amide bonds. The first-order chi connectivity index (χ1) is 12.2. The molecule has 2 rings (SSSR count). The van der Waals surface area contributed by atoms with Crippen molar-refractivity contribution in [2.24, 2.45) is 5.92 Å². The first-order valence-electron chi connectivity index (χ1n) is 8.43. The summed E-state index contributed by atoms with van der Waals surface area (Å²) in [6, 6.07) is 5.93. The Morgan fingerprint density at radius 3 is 2.58 bits per heavy atom. The van der Waals surface area contributed by atoms with E-state index in [1.807, 2.05) is 0 Å². The average molecular weight is 403 g/mol. The molecule has 1 saturated heterocycles. The Morgan fingerprint density at radius 1 is 1.31 bits per heavy atom. The topological polar surface area (TPSA) is 92.8 Å². The second kappa shape index (κ2) is 8.83. The van der Waals surface area contributed by atoms with Crippen molar-refractivity contribution in [2.75, 3.05) is 19.6 Å². The molecule has 1 aromatic rings. The fourth-order valence-corrected chi connectivity index (χ4v) is 4.39. The summed E-state index contributed by atoms with van der Waals surface area (Å²) < 4.78 is 31.7. The van der Waals surface area contributed by atoms with Crippen LogP contribution in [0.3, 0.4) is 0 Å². The molecule has 0 aromatic heterocycles. The highest BCUT2D eigenvalue weighted by atomic mass is 35.5. The summed E-state index contributed by atoms with van der Waals surface area (Å²) in [6.45, 7) is 3.65. The molecular formula is C17H23ClN2O5S. The Balaban J connectivity index is 1.98. The van der Waals surface area contributed by atoms with Gasteiger partial charge in [0.05, 0.1) is 16.9 Å². The highest BCUT2D eigenvalue weighted by Gasteiger charge is 2.33. The number of carbonyl (C=O) groups is 2. The maximum absolute atomic E-state index is 12.7. The van der Waals surface area contributed by atoms with Crippen molar-refractivity contribution in [1.82, 2.24) is 9.62 Å². The van der Waals surface area contributed by atoms with E-state index in [0.717, 1.165) is 0 Å². The van der Waals surface area contributed by atoms with E-state index in [0.29, 0.717) is 24.4 Å². The molecule has 1 heterocycles. The number of piperidine rings is 1. The number of ether oxygens (including phenoxy) is 1. The van der Waals surface area contributed by atoms with Crippen LogP contribution in [-0.4, -0.2) is 50.3 Å². The Hall–Kier alpha value is -1.64. The van der Waals surface area contributed by atoms with Crippen molar-refractivity contribution in [3.8, 4) is 0 Å². The van der Waals surface area contributed by atoms with Gasteiger partial charge in [-0.25, -0.2) is 8.42 Å². The monoisotopic (exact) mass is 402 g/mol. The Kier molecular flexibility index (Phi) is 7.02. The van der Waals surface area contributed by atoms with Gasteiger partial charge in [0.1, 0.15) is 6.54 Å². The summed E-state index contributed by atoms with van der Waals surface area (Å²) >= 11 is 5.80. The van der Waals surface area contributed by atoms with Gasteiger partial charge < -0.3 is 10.1 Å². The van der Waals surface area contributed by atoms with Crippen LogP contribution in [0.5, 0.6) is 0 Å². The van der Waals surface area contributed by atoms with Crippen molar-refractivity contribution in [1.29, 1.82) is 0 Å². The summed E-state index contributed by atoms with van der Waals surface area (Å²) in [6.07, 6.45) is 0.882. The minimum atomic E-state index is -3.69. The van der Waals surface area contributed by atoms with Gasteiger partial charge in [0, 0.05) is 18.1 Å². The number of hydrogen-bond acceptors (Lipinski definition) is 5. The third-order valence-electron chi connectivity index (χ3n) is 3.98. The molecule has 0 spiro atoms. The zero-order valence-electron chi connectivity index (χ0n) is 14.8. The molecular weight excluding hydrogens is 380 g/mol. The van der Waals surface area contributed by atoms with E-state index in [2.05, 4.69) is 5.32 Å². The number of nitrogens with one attached hydrogen (secondary N) is 1. The molecule has 1 N–H and O–H groups in total. The summed E-state index contributed by atoms with van der Waals surface area (Å²) in [5.41, 5.74) is 0. The van der Waals surface area contributed by atoms with Crippen LogP contribution in [0.25, 0.3) is 0 Å². The lowest BCUT2D eigenvalue weighted by molar-refractivity contribution is -0.147. The zero-order chi connectivity index (χ0) is 19.3. The number of benzene rings is 1. The SMILES string of the molecule is CC(C)OC(=O)CNC(=O)C1CCCN(S(=O)(=O)c2ccc(Cl)cc2)C1. The number of hydrogen-bond donors (Lipinski definition) is 1. The van der Waals surface area contributed by atoms with Crippen molar-refractivity contribution >= 4 is 33.5 Å². The zero-order valence-corrected chi connectivity index (χ0v) is 16.3. The average Bonchev–Trinajstić information content (AvgIpc) is 2.59. The summed E-state index contributed by atoms with van der Waals surface area (Å²) in [4.78, 5) is 23.9. The highest BCUT2D eigenvalue weighted by molar-refractivity contribution is 7.89. The fourth-order valence-electron chi connectivity index (χ4n) is 2.74. The maximum Gasteiger partial charge on any atom is 0.325 e. The fraction of sp³-hybridized carbons (Fsp3) is 0.529. The molecule has 1 atom stereocenters. The third-order valence-corrected chi connectivity index (χ3v) is 6.11. The molecule has 1 unspecified atom stereocenters. The van der Waals surface area contributed by atoms with Crippen LogP contribution in [0, 0.1) is 5.92 Å². The predicted octanol–water partition coefficient (Wildman–Crippen LogP) is 1.81. The van der Waals surface area contributed by atoms with E-state index in [9.17, 15) is 18.0 Å². The molecule has 7 nitrogen and oxygen atoms in total. The van der Waals surface area contributed by atoms with Crippen LogP contribution in [-0.2, 0) is 24.3 Å². The second-order valence-electron chi connectivity index (χ2n) is 6.41. The van der Waals surface area contributed by atoms with Gasteiger partial charge in [0.25, 0.3) is 0 Å². The first-order valence-corrected chi connectivity index (χ1v) is 10.2. The van der Waals surface area contributed by atoms with E-state index < -0.39 is 21.9 Å². The quantitative estimate of drug-likeness (QED) is 0.732. The second-order valence-corrected chi connectivity index (χ2v) is 8.79. The van der Waals surface area contributed by atoms with E-state index in [1.54, 1.807) is 13.8 Å². The smallest absolute Gasteiger partial charge is 0.325 e. The molecule has 26 heavy (non-hydrogen) atoms. The van der Waals surface area contributed by atoms with E-state index in [4.69, 9.17) is 16.3 Å². The number of sulfonamides is 1. The number of rotatable bonds is 6. The van der Waals surface area contributed by atoms with Crippen LogP contribution >= 0.6 is 11.6 Å². The normalized spacial score (nSPS) is 18.5. The molecule has 1 fully saturated rings. The van der Waals surface area contributed by atoms with E-state index >= 15 is 0 Å². The molecule has 0 bridgehead atoms. The van der Waals surface area contributed by atoms with Crippen molar-refractivity contribution in [3.05, 3.63) is 29.3 Å². The molecule has 9 heteroatoms. The molecule has 0 radical (unpaired) electrons. The van der Waals surface area contributed by atoms with Gasteiger partial charge in [-0.2, -0.15) is 4.31 Å². The highest BCUT2D eigenvalue weighted by Crippen LogP contribution is 2.24. The number of esters is 1. The van der Waals surface area contributed by atoms with Crippen molar-refractivity contribution in [3.63, 3.8) is 0 Å². The van der Waals surface area contributed by atoms with Crippen LogP contribution in [0.2, 0.25) is 5.02 Å². The van der Waals surface area contributed by atoms with Gasteiger partial charge >= 0.3 is 5.97 Å². The molecule has 1 aliphatic heterocycles. The van der Waals surface area contributed by atoms with Gasteiger partial charge in [-0.05, 0) is 51.0 Å². The molecule has 0 aliphatic carbocycles. The largest absolute Gasteiger partial charge is 0.462 e. The number of nitrogens with zero attached hydrogens (tertiary/aromatic N) is 1. The number of amides is 1.